The summed E-state index contributed by atoms with van der Waals surface area (Å²) in [6.45, 7) is 4.62. The van der Waals surface area contributed by atoms with Gasteiger partial charge in [-0.1, -0.05) is 11.6 Å². The molecule has 1 atom stereocenters. The molecular formula is C18H27ClN4O. The average Bonchev–Trinajstić information content (AvgIpc) is 2.62. The van der Waals surface area contributed by atoms with Gasteiger partial charge >= 0.3 is 0 Å². The Balaban J connectivity index is 1.52. The Kier molecular flexibility index (Phi) is 5.95. The molecule has 132 valence electrons. The lowest BCUT2D eigenvalue weighted by atomic mass is 9.92. The minimum Gasteiger partial charge on any atom is -0.357 e. The van der Waals surface area contributed by atoms with Crippen molar-refractivity contribution in [1.82, 2.24) is 15.2 Å². The van der Waals surface area contributed by atoms with E-state index in [0.717, 1.165) is 57.8 Å². The zero-order valence-corrected chi connectivity index (χ0v) is 15.1. The molecule has 1 aromatic rings. The van der Waals surface area contributed by atoms with Crippen LogP contribution in [0.3, 0.4) is 0 Å². The van der Waals surface area contributed by atoms with Crippen molar-refractivity contribution in [3.63, 3.8) is 0 Å². The van der Waals surface area contributed by atoms with Crippen LogP contribution >= 0.6 is 11.6 Å². The summed E-state index contributed by atoms with van der Waals surface area (Å²) >= 11 is 5.90. The number of halogens is 1. The third kappa shape index (κ3) is 4.19. The molecule has 0 aliphatic carbocycles. The van der Waals surface area contributed by atoms with E-state index in [2.05, 4.69) is 20.1 Å². The number of piperidine rings is 2. The maximum Gasteiger partial charge on any atom is 0.225 e. The first-order valence-corrected chi connectivity index (χ1v) is 9.35. The first-order chi connectivity index (χ1) is 11.7. The average molecular weight is 351 g/mol. The third-order valence-corrected chi connectivity index (χ3v) is 5.43. The summed E-state index contributed by atoms with van der Waals surface area (Å²) in [7, 11) is 1.99. The van der Waals surface area contributed by atoms with E-state index in [-0.39, 0.29) is 5.92 Å². The van der Waals surface area contributed by atoms with Crippen LogP contribution in [0.15, 0.2) is 18.3 Å². The smallest absolute Gasteiger partial charge is 0.225 e. The normalized spacial score (nSPS) is 22.7. The molecule has 2 saturated heterocycles. The molecule has 0 spiro atoms. The molecule has 0 saturated carbocycles. The highest BCUT2D eigenvalue weighted by Gasteiger charge is 2.31. The number of amides is 1. The molecule has 2 aliphatic heterocycles. The minimum absolute atomic E-state index is 0.168. The highest BCUT2D eigenvalue weighted by atomic mass is 35.5. The standard InChI is InChI=1S/C18H27ClN4O/c1-20-11-14-3-2-8-23(13-14)18(24)15-6-9-22(10-7-15)17-5-4-16(19)12-21-17/h4-5,12,14-15,20H,2-3,6-11,13H2,1H3. The molecule has 2 aliphatic rings. The van der Waals surface area contributed by atoms with Crippen LogP contribution in [0.5, 0.6) is 0 Å². The quantitative estimate of drug-likeness (QED) is 0.906. The van der Waals surface area contributed by atoms with Crippen molar-refractivity contribution < 1.29 is 4.79 Å². The lowest BCUT2D eigenvalue weighted by Crippen LogP contribution is -2.47. The fourth-order valence-electron chi connectivity index (χ4n) is 3.89. The van der Waals surface area contributed by atoms with E-state index in [0.29, 0.717) is 16.8 Å². The Labute approximate surface area is 149 Å². The fourth-order valence-corrected chi connectivity index (χ4v) is 4.00. The molecule has 2 fully saturated rings. The van der Waals surface area contributed by atoms with E-state index in [1.165, 1.54) is 6.42 Å². The number of hydrogen-bond donors (Lipinski definition) is 1. The summed E-state index contributed by atoms with van der Waals surface area (Å²) in [5.74, 6) is 2.09. The van der Waals surface area contributed by atoms with Gasteiger partial charge in [-0.25, -0.2) is 4.98 Å². The summed E-state index contributed by atoms with van der Waals surface area (Å²) < 4.78 is 0. The summed E-state index contributed by atoms with van der Waals surface area (Å²) in [6.07, 6.45) is 5.87. The van der Waals surface area contributed by atoms with Gasteiger partial charge in [-0.2, -0.15) is 0 Å². The van der Waals surface area contributed by atoms with E-state index in [1.54, 1.807) is 6.20 Å². The number of aromatic nitrogens is 1. The molecule has 1 aromatic heterocycles. The van der Waals surface area contributed by atoms with Crippen LogP contribution in [0.2, 0.25) is 5.02 Å². The van der Waals surface area contributed by atoms with E-state index >= 15 is 0 Å². The number of hydrogen-bond acceptors (Lipinski definition) is 4. The maximum atomic E-state index is 12.8. The lowest BCUT2D eigenvalue weighted by molar-refractivity contribution is -0.138. The number of pyridine rings is 1. The number of anilines is 1. The second kappa shape index (κ2) is 8.17. The van der Waals surface area contributed by atoms with Gasteiger partial charge in [0.25, 0.3) is 0 Å². The Bertz CT molecular complexity index is 540. The molecule has 1 N–H and O–H groups in total. The predicted molar refractivity (Wildman–Crippen MR) is 97.4 cm³/mol. The number of likely N-dealkylation sites (tertiary alicyclic amines) is 1. The molecule has 0 bridgehead atoms. The van der Waals surface area contributed by atoms with Gasteiger partial charge in [0.2, 0.25) is 5.91 Å². The third-order valence-electron chi connectivity index (χ3n) is 5.20. The second-order valence-electron chi connectivity index (χ2n) is 6.95. The Hall–Kier alpha value is -1.33. The van der Waals surface area contributed by atoms with Crippen molar-refractivity contribution in [2.75, 3.05) is 44.7 Å². The van der Waals surface area contributed by atoms with E-state index in [4.69, 9.17) is 11.6 Å². The predicted octanol–water partition coefficient (Wildman–Crippen LogP) is 2.41. The van der Waals surface area contributed by atoms with Crippen LogP contribution in [0.25, 0.3) is 0 Å². The van der Waals surface area contributed by atoms with Crippen LogP contribution in [-0.4, -0.2) is 55.6 Å². The van der Waals surface area contributed by atoms with Gasteiger partial charge in [-0.15, -0.1) is 0 Å². The summed E-state index contributed by atoms with van der Waals surface area (Å²) in [5, 5.41) is 3.90. The number of carbonyl (C=O) groups excluding carboxylic acids is 1. The fraction of sp³-hybridized carbons (Fsp3) is 0.667. The number of nitrogens with one attached hydrogen (secondary N) is 1. The van der Waals surface area contributed by atoms with Crippen molar-refractivity contribution in [2.24, 2.45) is 11.8 Å². The molecular weight excluding hydrogens is 324 g/mol. The molecule has 3 heterocycles. The highest BCUT2D eigenvalue weighted by Crippen LogP contribution is 2.26. The molecule has 24 heavy (non-hydrogen) atoms. The van der Waals surface area contributed by atoms with Crippen molar-refractivity contribution >= 4 is 23.3 Å². The van der Waals surface area contributed by atoms with Gasteiger partial charge in [-0.3, -0.25) is 4.79 Å². The molecule has 6 heteroatoms. The first kappa shape index (κ1) is 17.5. The largest absolute Gasteiger partial charge is 0.357 e. The van der Waals surface area contributed by atoms with Crippen molar-refractivity contribution in [1.29, 1.82) is 0 Å². The van der Waals surface area contributed by atoms with Crippen LogP contribution in [0.4, 0.5) is 5.82 Å². The minimum atomic E-state index is 0.168. The van der Waals surface area contributed by atoms with Gasteiger partial charge in [0, 0.05) is 38.3 Å². The first-order valence-electron chi connectivity index (χ1n) is 8.97. The number of nitrogens with zero attached hydrogens (tertiary/aromatic N) is 3. The summed E-state index contributed by atoms with van der Waals surface area (Å²) in [4.78, 5) is 21.6. The SMILES string of the molecule is CNCC1CCCN(C(=O)C2CCN(c3ccc(Cl)cn3)CC2)C1. The zero-order chi connectivity index (χ0) is 16.9. The monoisotopic (exact) mass is 350 g/mol. The Morgan fingerprint density at radius 2 is 2.08 bits per heavy atom. The van der Waals surface area contributed by atoms with Gasteiger partial charge in [-0.05, 0) is 57.3 Å². The molecule has 5 nitrogen and oxygen atoms in total. The molecule has 3 rings (SSSR count). The van der Waals surface area contributed by atoms with Gasteiger partial charge < -0.3 is 15.1 Å². The number of rotatable bonds is 4. The van der Waals surface area contributed by atoms with Crippen LogP contribution in [0, 0.1) is 11.8 Å². The topological polar surface area (TPSA) is 48.5 Å². The second-order valence-corrected chi connectivity index (χ2v) is 7.38. The Morgan fingerprint density at radius 1 is 1.29 bits per heavy atom. The van der Waals surface area contributed by atoms with Crippen LogP contribution < -0.4 is 10.2 Å². The van der Waals surface area contributed by atoms with E-state index < -0.39 is 0 Å². The van der Waals surface area contributed by atoms with Gasteiger partial charge in [0.05, 0.1) is 5.02 Å². The van der Waals surface area contributed by atoms with Crippen molar-refractivity contribution in [2.45, 2.75) is 25.7 Å². The lowest BCUT2D eigenvalue weighted by Gasteiger charge is -2.38. The maximum absolute atomic E-state index is 12.8. The van der Waals surface area contributed by atoms with Gasteiger partial charge in [0.1, 0.15) is 5.82 Å². The van der Waals surface area contributed by atoms with E-state index in [1.807, 2.05) is 19.2 Å². The van der Waals surface area contributed by atoms with Crippen molar-refractivity contribution in [3.8, 4) is 0 Å². The molecule has 1 amide bonds. The summed E-state index contributed by atoms with van der Waals surface area (Å²) in [5.41, 5.74) is 0. The number of carbonyl (C=O) groups is 1. The highest BCUT2D eigenvalue weighted by molar-refractivity contribution is 6.30. The molecule has 0 aromatic carbocycles. The zero-order valence-electron chi connectivity index (χ0n) is 14.4. The summed E-state index contributed by atoms with van der Waals surface area (Å²) in [6, 6.07) is 3.83. The van der Waals surface area contributed by atoms with E-state index in [9.17, 15) is 4.79 Å². The Morgan fingerprint density at radius 3 is 2.75 bits per heavy atom. The van der Waals surface area contributed by atoms with Gasteiger partial charge in [0.15, 0.2) is 0 Å². The molecule has 0 radical (unpaired) electrons. The molecule has 1 unspecified atom stereocenters. The van der Waals surface area contributed by atoms with Crippen LogP contribution in [0.1, 0.15) is 25.7 Å². The van der Waals surface area contributed by atoms with Crippen LogP contribution in [-0.2, 0) is 4.79 Å². The van der Waals surface area contributed by atoms with Crippen molar-refractivity contribution in [3.05, 3.63) is 23.4 Å².